The number of esters is 1. The van der Waals surface area contributed by atoms with Crippen LogP contribution in [0.3, 0.4) is 0 Å². The largest absolute Gasteiger partial charge is 0.465 e. The van der Waals surface area contributed by atoms with Crippen molar-refractivity contribution in [1.29, 1.82) is 0 Å². The van der Waals surface area contributed by atoms with Crippen molar-refractivity contribution in [2.24, 2.45) is 11.1 Å². The Morgan fingerprint density at radius 1 is 1.40 bits per heavy atom. The van der Waals surface area contributed by atoms with Gasteiger partial charge in [0.25, 0.3) is 0 Å². The Balaban J connectivity index is 3.11. The average molecular weight is 300 g/mol. The molecule has 0 aliphatic rings. The normalized spacial score (nSPS) is 11.0. The van der Waals surface area contributed by atoms with Crippen LogP contribution in [0.2, 0.25) is 5.02 Å². The molecule has 0 radical (unpaired) electrons. The smallest absolute Gasteiger partial charge is 0.340 e. The first-order valence-electron chi connectivity index (χ1n) is 5.90. The van der Waals surface area contributed by atoms with Gasteiger partial charge in [-0.15, -0.1) is 0 Å². The average Bonchev–Trinajstić information content (AvgIpc) is 2.35. The van der Waals surface area contributed by atoms with Gasteiger partial charge in [0.15, 0.2) is 0 Å². The Morgan fingerprint density at radius 2 is 2.00 bits per heavy atom. The number of halogens is 1. The van der Waals surface area contributed by atoms with Crippen molar-refractivity contribution in [3.63, 3.8) is 0 Å². The zero-order valence-corrected chi connectivity index (χ0v) is 12.4. The molecule has 0 heterocycles. The maximum atomic E-state index is 11.7. The molecular formula is C13H18ClN3O3. The molecule has 0 aliphatic heterocycles. The number of nitrogens with two attached hydrogens (primary N) is 2. The summed E-state index contributed by atoms with van der Waals surface area (Å²) in [5, 5.41) is 3.23. The molecule has 0 spiro atoms. The van der Waals surface area contributed by atoms with Crippen molar-refractivity contribution in [2.45, 2.75) is 13.8 Å². The lowest BCUT2D eigenvalue weighted by Gasteiger charge is -2.23. The zero-order valence-electron chi connectivity index (χ0n) is 11.6. The lowest BCUT2D eigenvalue weighted by Crippen LogP contribution is -2.37. The number of carbonyl (C=O) groups is 2. The van der Waals surface area contributed by atoms with E-state index in [4.69, 9.17) is 23.1 Å². The summed E-state index contributed by atoms with van der Waals surface area (Å²) in [4.78, 5) is 23.0. The highest BCUT2D eigenvalue weighted by atomic mass is 35.5. The highest BCUT2D eigenvalue weighted by Crippen LogP contribution is 2.30. The lowest BCUT2D eigenvalue weighted by atomic mass is 9.92. The fraction of sp³-hybridized carbons (Fsp3) is 0.385. The van der Waals surface area contributed by atoms with Crippen LogP contribution in [-0.4, -0.2) is 25.5 Å². The number of benzene rings is 1. The van der Waals surface area contributed by atoms with Gasteiger partial charge in [-0.1, -0.05) is 11.6 Å². The molecule has 1 aromatic carbocycles. The molecule has 0 unspecified atom stereocenters. The van der Waals surface area contributed by atoms with E-state index in [-0.39, 0.29) is 17.1 Å². The Morgan fingerprint density at radius 3 is 2.50 bits per heavy atom. The topological polar surface area (TPSA) is 107 Å². The summed E-state index contributed by atoms with van der Waals surface area (Å²) in [6.45, 7) is 3.59. The summed E-state index contributed by atoms with van der Waals surface area (Å²) < 4.78 is 4.68. The number of nitrogens with one attached hydrogen (secondary N) is 1. The maximum Gasteiger partial charge on any atom is 0.340 e. The molecule has 1 aromatic rings. The standard InChI is InChI=1S/C13H18ClN3O3/c1-13(2,12(16)19)6-17-10-8(11(18)20-3)4-7(15)5-9(10)14/h4-5,17H,6,15H2,1-3H3,(H2,16,19). The van der Waals surface area contributed by atoms with Gasteiger partial charge < -0.3 is 21.5 Å². The van der Waals surface area contributed by atoms with Crippen LogP contribution in [0.15, 0.2) is 12.1 Å². The molecule has 1 amide bonds. The first-order valence-corrected chi connectivity index (χ1v) is 6.28. The highest BCUT2D eigenvalue weighted by molar-refractivity contribution is 6.34. The maximum absolute atomic E-state index is 11.7. The minimum Gasteiger partial charge on any atom is -0.465 e. The van der Waals surface area contributed by atoms with E-state index in [2.05, 4.69) is 10.1 Å². The van der Waals surface area contributed by atoms with Crippen molar-refractivity contribution in [3.05, 3.63) is 22.7 Å². The van der Waals surface area contributed by atoms with Gasteiger partial charge in [0.05, 0.1) is 28.8 Å². The minimum absolute atomic E-state index is 0.206. The Hall–Kier alpha value is -1.95. The van der Waals surface area contributed by atoms with E-state index in [9.17, 15) is 9.59 Å². The first kappa shape index (κ1) is 16.1. The second-order valence-electron chi connectivity index (χ2n) is 5.02. The molecule has 0 saturated heterocycles. The van der Waals surface area contributed by atoms with Crippen LogP contribution >= 0.6 is 11.6 Å². The number of amides is 1. The van der Waals surface area contributed by atoms with Gasteiger partial charge in [-0.3, -0.25) is 4.79 Å². The fourth-order valence-electron chi connectivity index (χ4n) is 1.47. The Bertz CT molecular complexity index is 544. The quantitative estimate of drug-likeness (QED) is 0.566. The van der Waals surface area contributed by atoms with Gasteiger partial charge in [-0.25, -0.2) is 4.79 Å². The number of anilines is 2. The summed E-state index contributed by atoms with van der Waals surface area (Å²) >= 11 is 6.08. The molecule has 0 bridgehead atoms. The number of nitrogen functional groups attached to an aromatic ring is 1. The molecular weight excluding hydrogens is 282 g/mol. The number of rotatable bonds is 5. The molecule has 0 aliphatic carbocycles. The Labute approximate surface area is 122 Å². The van der Waals surface area contributed by atoms with Crippen LogP contribution in [0.25, 0.3) is 0 Å². The van der Waals surface area contributed by atoms with E-state index in [0.717, 1.165) is 0 Å². The van der Waals surface area contributed by atoms with Crippen molar-refractivity contribution < 1.29 is 14.3 Å². The number of methoxy groups -OCH3 is 1. The van der Waals surface area contributed by atoms with Gasteiger partial charge >= 0.3 is 5.97 Å². The third-order valence-corrected chi connectivity index (χ3v) is 3.19. The number of carbonyl (C=O) groups excluding carboxylic acids is 2. The minimum atomic E-state index is -0.794. The van der Waals surface area contributed by atoms with Crippen LogP contribution < -0.4 is 16.8 Å². The van der Waals surface area contributed by atoms with Crippen molar-refractivity contribution in [1.82, 2.24) is 0 Å². The molecule has 110 valence electrons. The van der Waals surface area contributed by atoms with Crippen LogP contribution in [0.1, 0.15) is 24.2 Å². The molecule has 5 N–H and O–H groups in total. The van der Waals surface area contributed by atoms with Gasteiger partial charge in [0.2, 0.25) is 5.91 Å². The van der Waals surface area contributed by atoms with Gasteiger partial charge in [-0.05, 0) is 26.0 Å². The monoisotopic (exact) mass is 299 g/mol. The molecule has 6 nitrogen and oxygen atoms in total. The van der Waals surface area contributed by atoms with Crippen molar-refractivity contribution >= 4 is 34.9 Å². The Kier molecular flexibility index (Phi) is 4.83. The summed E-state index contributed by atoms with van der Waals surface area (Å²) in [5.74, 6) is -1.03. The molecule has 1 rings (SSSR count). The summed E-state index contributed by atoms with van der Waals surface area (Å²) in [7, 11) is 1.26. The molecule has 0 fully saturated rings. The fourth-order valence-corrected chi connectivity index (χ4v) is 1.77. The van der Waals surface area contributed by atoms with E-state index in [1.807, 2.05) is 0 Å². The third kappa shape index (κ3) is 3.54. The third-order valence-electron chi connectivity index (χ3n) is 2.89. The van der Waals surface area contributed by atoms with E-state index in [0.29, 0.717) is 11.4 Å². The molecule has 7 heteroatoms. The number of hydrogen-bond acceptors (Lipinski definition) is 5. The predicted molar refractivity (Wildman–Crippen MR) is 78.7 cm³/mol. The summed E-state index contributed by atoms with van der Waals surface area (Å²) in [5.41, 5.74) is 11.1. The highest BCUT2D eigenvalue weighted by Gasteiger charge is 2.26. The second kappa shape index (κ2) is 6.00. The lowest BCUT2D eigenvalue weighted by molar-refractivity contribution is -0.125. The van der Waals surface area contributed by atoms with E-state index < -0.39 is 17.3 Å². The van der Waals surface area contributed by atoms with Crippen LogP contribution in [-0.2, 0) is 9.53 Å². The van der Waals surface area contributed by atoms with Gasteiger partial charge in [0, 0.05) is 12.2 Å². The van der Waals surface area contributed by atoms with Crippen molar-refractivity contribution in [2.75, 3.05) is 24.7 Å². The first-order chi connectivity index (χ1) is 9.19. The molecule has 0 aromatic heterocycles. The molecule has 0 saturated carbocycles. The second-order valence-corrected chi connectivity index (χ2v) is 5.43. The summed E-state index contributed by atoms with van der Waals surface area (Å²) in [6, 6.07) is 2.96. The number of primary amides is 1. The SMILES string of the molecule is COC(=O)c1cc(N)cc(Cl)c1NCC(C)(C)C(N)=O. The van der Waals surface area contributed by atoms with E-state index in [1.54, 1.807) is 13.8 Å². The molecule has 20 heavy (non-hydrogen) atoms. The van der Waals surface area contributed by atoms with Crippen LogP contribution in [0.4, 0.5) is 11.4 Å². The summed E-state index contributed by atoms with van der Waals surface area (Å²) in [6.07, 6.45) is 0. The molecule has 0 atom stereocenters. The van der Waals surface area contributed by atoms with Crippen LogP contribution in [0.5, 0.6) is 0 Å². The zero-order chi connectivity index (χ0) is 15.5. The number of hydrogen-bond donors (Lipinski definition) is 3. The van der Waals surface area contributed by atoms with Gasteiger partial charge in [0.1, 0.15) is 0 Å². The predicted octanol–water partition coefficient (Wildman–Crippen LogP) is 1.63. The van der Waals surface area contributed by atoms with Gasteiger partial charge in [-0.2, -0.15) is 0 Å². The van der Waals surface area contributed by atoms with Crippen LogP contribution in [0, 0.1) is 5.41 Å². The van der Waals surface area contributed by atoms with Crippen molar-refractivity contribution in [3.8, 4) is 0 Å². The van der Waals surface area contributed by atoms with E-state index in [1.165, 1.54) is 19.2 Å². The number of ether oxygens (including phenoxy) is 1. The van der Waals surface area contributed by atoms with E-state index >= 15 is 0 Å².